The molecule has 2 heterocycles. The number of likely N-dealkylation sites (tertiary alicyclic amines) is 1. The molecule has 0 amide bonds. The molecule has 1 fully saturated rings. The third kappa shape index (κ3) is 3.30. The molecule has 2 rings (SSSR count). The minimum absolute atomic E-state index is 0.313. The van der Waals surface area contributed by atoms with Gasteiger partial charge in [-0.25, -0.2) is 9.97 Å². The Balaban J connectivity index is 2.05. The third-order valence-corrected chi connectivity index (χ3v) is 3.44. The van der Waals surface area contributed by atoms with Gasteiger partial charge in [-0.1, -0.05) is 6.92 Å². The Hall–Kier alpha value is -0.870. The molecule has 1 aliphatic rings. The van der Waals surface area contributed by atoms with E-state index in [0.717, 1.165) is 31.0 Å². The molecule has 0 spiro atoms. The number of nitrogens with zero attached hydrogens (tertiary/aromatic N) is 3. The zero-order valence-corrected chi connectivity index (χ0v) is 11.3. The first-order valence-electron chi connectivity index (χ1n) is 6.01. The van der Waals surface area contributed by atoms with Crippen LogP contribution in [0.25, 0.3) is 0 Å². The molecule has 1 aromatic rings. The van der Waals surface area contributed by atoms with E-state index in [9.17, 15) is 0 Å². The fraction of sp³-hybridized carbons (Fsp3) is 0.667. The molecular formula is C12H19ClN4. The van der Waals surface area contributed by atoms with Crippen LogP contribution in [0.1, 0.15) is 19.0 Å². The molecule has 5 heteroatoms. The summed E-state index contributed by atoms with van der Waals surface area (Å²) in [6.07, 6.45) is 1.14. The van der Waals surface area contributed by atoms with Crippen molar-refractivity contribution in [3.05, 3.63) is 17.0 Å². The predicted molar refractivity (Wildman–Crippen MR) is 70.5 cm³/mol. The van der Waals surface area contributed by atoms with E-state index in [0.29, 0.717) is 17.2 Å². The number of nitrogens with one attached hydrogen (secondary N) is 1. The van der Waals surface area contributed by atoms with Gasteiger partial charge < -0.3 is 10.2 Å². The van der Waals surface area contributed by atoms with Crippen molar-refractivity contribution < 1.29 is 0 Å². The maximum absolute atomic E-state index is 5.86. The minimum Gasteiger partial charge on any atom is -0.367 e. The summed E-state index contributed by atoms with van der Waals surface area (Å²) in [7, 11) is 2.17. The Morgan fingerprint density at radius 3 is 2.88 bits per heavy atom. The summed E-state index contributed by atoms with van der Waals surface area (Å²) in [5.41, 5.74) is 0.896. The van der Waals surface area contributed by atoms with E-state index in [1.807, 2.05) is 13.0 Å². The summed E-state index contributed by atoms with van der Waals surface area (Å²) in [5.74, 6) is 1.45. The number of hydrogen-bond donors (Lipinski definition) is 1. The van der Waals surface area contributed by atoms with Gasteiger partial charge >= 0.3 is 0 Å². The number of piperidine rings is 1. The van der Waals surface area contributed by atoms with E-state index in [4.69, 9.17) is 11.6 Å². The first-order valence-corrected chi connectivity index (χ1v) is 6.38. The third-order valence-electron chi connectivity index (χ3n) is 3.27. The Labute approximate surface area is 107 Å². The summed E-state index contributed by atoms with van der Waals surface area (Å²) >= 11 is 5.86. The summed E-state index contributed by atoms with van der Waals surface area (Å²) in [6, 6.07) is 2.41. The van der Waals surface area contributed by atoms with Gasteiger partial charge in [0.2, 0.25) is 5.28 Å². The first-order chi connectivity index (χ1) is 8.04. The van der Waals surface area contributed by atoms with Crippen LogP contribution in [0.4, 0.5) is 5.82 Å². The van der Waals surface area contributed by atoms with Crippen LogP contribution in [0.5, 0.6) is 0 Å². The van der Waals surface area contributed by atoms with Gasteiger partial charge in [0.05, 0.1) is 0 Å². The topological polar surface area (TPSA) is 41.0 Å². The predicted octanol–water partition coefficient (Wildman–Crippen LogP) is 2.19. The van der Waals surface area contributed by atoms with Crippen molar-refractivity contribution in [2.24, 2.45) is 5.92 Å². The highest BCUT2D eigenvalue weighted by molar-refractivity contribution is 6.28. The van der Waals surface area contributed by atoms with Gasteiger partial charge in [0.15, 0.2) is 0 Å². The largest absolute Gasteiger partial charge is 0.367 e. The second kappa shape index (κ2) is 5.19. The van der Waals surface area contributed by atoms with Crippen molar-refractivity contribution in [3.8, 4) is 0 Å². The van der Waals surface area contributed by atoms with Gasteiger partial charge in [0.1, 0.15) is 5.82 Å². The van der Waals surface area contributed by atoms with Gasteiger partial charge in [-0.2, -0.15) is 0 Å². The van der Waals surface area contributed by atoms with Gasteiger partial charge in [-0.05, 0) is 44.5 Å². The second-order valence-electron chi connectivity index (χ2n) is 4.94. The standard InChI is InChI=1S/C12H19ClN4/c1-8-7-17(3)5-4-10(8)15-11-6-9(2)14-12(13)16-11/h6,8,10H,4-5,7H2,1-3H3,(H,14,15,16). The van der Waals surface area contributed by atoms with E-state index in [-0.39, 0.29) is 0 Å². The maximum Gasteiger partial charge on any atom is 0.224 e. The number of aryl methyl sites for hydroxylation is 1. The molecule has 0 radical (unpaired) electrons. The smallest absolute Gasteiger partial charge is 0.224 e. The van der Waals surface area contributed by atoms with Gasteiger partial charge in [0.25, 0.3) is 0 Å². The second-order valence-corrected chi connectivity index (χ2v) is 5.28. The average Bonchev–Trinajstić information content (AvgIpc) is 2.21. The highest BCUT2D eigenvalue weighted by Gasteiger charge is 2.24. The Kier molecular flexibility index (Phi) is 3.84. The van der Waals surface area contributed by atoms with E-state index in [1.54, 1.807) is 0 Å². The number of hydrogen-bond acceptors (Lipinski definition) is 4. The lowest BCUT2D eigenvalue weighted by molar-refractivity contribution is 0.206. The Morgan fingerprint density at radius 1 is 1.47 bits per heavy atom. The average molecular weight is 255 g/mol. The fourth-order valence-electron chi connectivity index (χ4n) is 2.36. The monoisotopic (exact) mass is 254 g/mol. The molecule has 1 N–H and O–H groups in total. The van der Waals surface area contributed by atoms with Gasteiger partial charge in [-0.15, -0.1) is 0 Å². The molecule has 0 saturated carbocycles. The van der Waals surface area contributed by atoms with Crippen molar-refractivity contribution in [2.75, 3.05) is 25.5 Å². The lowest BCUT2D eigenvalue weighted by atomic mass is 9.94. The maximum atomic E-state index is 5.86. The summed E-state index contributed by atoms with van der Waals surface area (Å²) in [6.45, 7) is 6.44. The molecule has 2 atom stereocenters. The number of halogens is 1. The molecule has 1 aliphatic heterocycles. The number of rotatable bonds is 2. The van der Waals surface area contributed by atoms with Crippen LogP contribution in [-0.4, -0.2) is 41.0 Å². The number of aromatic nitrogens is 2. The molecule has 94 valence electrons. The van der Waals surface area contributed by atoms with Crippen molar-refractivity contribution in [2.45, 2.75) is 26.3 Å². The van der Waals surface area contributed by atoms with Crippen LogP contribution >= 0.6 is 11.6 Å². The minimum atomic E-state index is 0.313. The molecule has 4 nitrogen and oxygen atoms in total. The summed E-state index contributed by atoms with van der Waals surface area (Å²) in [4.78, 5) is 10.6. The molecular weight excluding hydrogens is 236 g/mol. The fourth-order valence-corrected chi connectivity index (χ4v) is 2.59. The van der Waals surface area contributed by atoms with Crippen LogP contribution in [-0.2, 0) is 0 Å². The Morgan fingerprint density at radius 2 is 2.24 bits per heavy atom. The molecule has 1 aromatic heterocycles. The van der Waals surface area contributed by atoms with Gasteiger partial charge in [0, 0.05) is 24.3 Å². The Bertz CT molecular complexity index is 376. The SMILES string of the molecule is Cc1cc(NC2CCN(C)CC2C)nc(Cl)n1. The molecule has 17 heavy (non-hydrogen) atoms. The van der Waals surface area contributed by atoms with E-state index in [1.165, 1.54) is 0 Å². The molecule has 2 unspecified atom stereocenters. The van der Waals surface area contributed by atoms with Crippen molar-refractivity contribution in [1.29, 1.82) is 0 Å². The van der Waals surface area contributed by atoms with Crippen molar-refractivity contribution in [3.63, 3.8) is 0 Å². The quantitative estimate of drug-likeness (QED) is 0.822. The highest BCUT2D eigenvalue weighted by atomic mass is 35.5. The van der Waals surface area contributed by atoms with Crippen LogP contribution in [0, 0.1) is 12.8 Å². The van der Waals surface area contributed by atoms with E-state index >= 15 is 0 Å². The van der Waals surface area contributed by atoms with Gasteiger partial charge in [-0.3, -0.25) is 0 Å². The lowest BCUT2D eigenvalue weighted by Crippen LogP contribution is -2.43. The van der Waals surface area contributed by atoms with Crippen molar-refractivity contribution >= 4 is 17.4 Å². The summed E-state index contributed by atoms with van der Waals surface area (Å²) < 4.78 is 0. The lowest BCUT2D eigenvalue weighted by Gasteiger charge is -2.35. The zero-order chi connectivity index (χ0) is 12.4. The van der Waals surface area contributed by atoms with Crippen LogP contribution in [0.2, 0.25) is 5.28 Å². The zero-order valence-electron chi connectivity index (χ0n) is 10.6. The number of anilines is 1. The van der Waals surface area contributed by atoms with Crippen LogP contribution < -0.4 is 5.32 Å². The normalized spacial score (nSPS) is 25.9. The van der Waals surface area contributed by atoms with E-state index < -0.39 is 0 Å². The molecule has 0 aromatic carbocycles. The van der Waals surface area contributed by atoms with Crippen molar-refractivity contribution in [1.82, 2.24) is 14.9 Å². The molecule has 0 bridgehead atoms. The first kappa shape index (κ1) is 12.6. The summed E-state index contributed by atoms with van der Waals surface area (Å²) in [5, 5.41) is 3.78. The molecule has 1 saturated heterocycles. The van der Waals surface area contributed by atoms with Crippen LogP contribution in [0.15, 0.2) is 6.07 Å². The highest BCUT2D eigenvalue weighted by Crippen LogP contribution is 2.20. The molecule has 0 aliphatic carbocycles. The van der Waals surface area contributed by atoms with E-state index in [2.05, 4.69) is 34.2 Å². The van der Waals surface area contributed by atoms with Crippen LogP contribution in [0.3, 0.4) is 0 Å².